The number of carbonyl (C=O) groups is 2. The van der Waals surface area contributed by atoms with Crippen molar-refractivity contribution in [3.05, 3.63) is 71.0 Å². The van der Waals surface area contributed by atoms with Crippen molar-refractivity contribution in [2.75, 3.05) is 31.5 Å². The zero-order valence-corrected chi connectivity index (χ0v) is 17.3. The number of aromatic nitrogens is 1. The van der Waals surface area contributed by atoms with Gasteiger partial charge < -0.3 is 15.1 Å². The van der Waals surface area contributed by atoms with Crippen LogP contribution in [-0.2, 0) is 0 Å². The minimum Gasteiger partial charge on any atom is -0.334 e. The molecule has 8 heteroatoms. The molecular formula is C22H21FN4O2S. The molecule has 1 fully saturated rings. The smallest absolute Gasteiger partial charge is 0.321 e. The quantitative estimate of drug-likeness (QED) is 0.684. The van der Waals surface area contributed by atoms with Crippen molar-refractivity contribution in [1.82, 2.24) is 14.8 Å². The Morgan fingerprint density at radius 3 is 2.27 bits per heavy atom. The number of rotatable bonds is 3. The predicted molar refractivity (Wildman–Crippen MR) is 115 cm³/mol. The summed E-state index contributed by atoms with van der Waals surface area (Å²) in [6, 6.07) is 13.4. The summed E-state index contributed by atoms with van der Waals surface area (Å²) in [5.41, 5.74) is 3.13. The monoisotopic (exact) mass is 424 g/mol. The second kappa shape index (κ2) is 8.62. The van der Waals surface area contributed by atoms with Crippen LogP contribution in [-0.4, -0.2) is 52.9 Å². The predicted octanol–water partition coefficient (Wildman–Crippen LogP) is 4.25. The Labute approximate surface area is 178 Å². The molecule has 3 amide bonds. The summed E-state index contributed by atoms with van der Waals surface area (Å²) in [5.74, 6) is -0.476. The fourth-order valence-corrected chi connectivity index (χ4v) is 4.01. The summed E-state index contributed by atoms with van der Waals surface area (Å²) in [6.07, 6.45) is 0. The summed E-state index contributed by atoms with van der Waals surface area (Å²) in [5, 5.41) is 5.34. The van der Waals surface area contributed by atoms with Crippen molar-refractivity contribution in [1.29, 1.82) is 0 Å². The number of nitrogens with one attached hydrogen (secondary N) is 1. The first kappa shape index (κ1) is 20.0. The van der Waals surface area contributed by atoms with Crippen LogP contribution in [0.5, 0.6) is 0 Å². The zero-order chi connectivity index (χ0) is 21.1. The molecule has 0 saturated carbocycles. The average molecular weight is 425 g/mol. The lowest BCUT2D eigenvalue weighted by Gasteiger charge is -2.34. The van der Waals surface area contributed by atoms with Crippen LogP contribution < -0.4 is 5.32 Å². The van der Waals surface area contributed by atoms with Crippen LogP contribution in [0, 0.1) is 12.7 Å². The Morgan fingerprint density at radius 1 is 0.967 bits per heavy atom. The number of urea groups is 1. The third-order valence-corrected chi connectivity index (χ3v) is 5.86. The van der Waals surface area contributed by atoms with Gasteiger partial charge in [-0.05, 0) is 31.2 Å². The summed E-state index contributed by atoms with van der Waals surface area (Å²) in [7, 11) is 0. The van der Waals surface area contributed by atoms with Crippen molar-refractivity contribution in [3.63, 3.8) is 0 Å². The van der Waals surface area contributed by atoms with Gasteiger partial charge in [0.2, 0.25) is 0 Å². The second-order valence-corrected chi connectivity index (χ2v) is 7.98. The van der Waals surface area contributed by atoms with Gasteiger partial charge in [0.25, 0.3) is 5.91 Å². The van der Waals surface area contributed by atoms with Gasteiger partial charge in [-0.3, -0.25) is 4.79 Å². The van der Waals surface area contributed by atoms with Crippen LogP contribution in [0.2, 0.25) is 0 Å². The molecule has 6 nitrogen and oxygen atoms in total. The van der Waals surface area contributed by atoms with Gasteiger partial charge in [-0.2, -0.15) is 0 Å². The number of nitrogens with zero attached hydrogens (tertiary/aromatic N) is 3. The summed E-state index contributed by atoms with van der Waals surface area (Å²) >= 11 is 1.45. The Morgan fingerprint density at radius 2 is 1.60 bits per heavy atom. The number of aryl methyl sites for hydroxylation is 1. The van der Waals surface area contributed by atoms with E-state index < -0.39 is 0 Å². The molecule has 0 atom stereocenters. The number of halogens is 1. The highest BCUT2D eigenvalue weighted by atomic mass is 32.1. The van der Waals surface area contributed by atoms with Gasteiger partial charge >= 0.3 is 6.03 Å². The molecule has 1 N–H and O–H groups in total. The third-order valence-electron chi connectivity index (χ3n) is 4.97. The van der Waals surface area contributed by atoms with E-state index in [4.69, 9.17) is 0 Å². The molecule has 2 aromatic carbocycles. The van der Waals surface area contributed by atoms with E-state index in [0.29, 0.717) is 37.6 Å². The lowest BCUT2D eigenvalue weighted by Crippen LogP contribution is -2.51. The SMILES string of the molecule is Cc1ccc(-c2nc(C(=O)N3CCN(C(=O)Nc4ccc(F)cc4)CC3)cs2)cc1. The van der Waals surface area contributed by atoms with E-state index in [9.17, 15) is 14.0 Å². The fraction of sp³-hybridized carbons (Fsp3) is 0.227. The van der Waals surface area contributed by atoms with E-state index in [1.807, 2.05) is 31.2 Å². The molecule has 2 heterocycles. The zero-order valence-electron chi connectivity index (χ0n) is 16.5. The molecule has 1 aromatic heterocycles. The van der Waals surface area contributed by atoms with E-state index in [1.165, 1.54) is 41.2 Å². The molecule has 30 heavy (non-hydrogen) atoms. The molecule has 0 spiro atoms. The van der Waals surface area contributed by atoms with Gasteiger partial charge in [0.1, 0.15) is 16.5 Å². The van der Waals surface area contributed by atoms with Crippen molar-refractivity contribution in [2.45, 2.75) is 6.92 Å². The molecule has 154 valence electrons. The lowest BCUT2D eigenvalue weighted by molar-refractivity contribution is 0.0667. The van der Waals surface area contributed by atoms with Crippen molar-refractivity contribution in [2.24, 2.45) is 0 Å². The van der Waals surface area contributed by atoms with Crippen molar-refractivity contribution >= 4 is 29.0 Å². The van der Waals surface area contributed by atoms with Crippen LogP contribution in [0.4, 0.5) is 14.9 Å². The van der Waals surface area contributed by atoms with Crippen molar-refractivity contribution in [3.8, 4) is 10.6 Å². The molecule has 0 aliphatic carbocycles. The Bertz CT molecular complexity index is 1040. The molecule has 1 aliphatic heterocycles. The van der Waals surface area contributed by atoms with Gasteiger partial charge in [0, 0.05) is 42.8 Å². The summed E-state index contributed by atoms with van der Waals surface area (Å²) < 4.78 is 13.0. The molecule has 0 bridgehead atoms. The summed E-state index contributed by atoms with van der Waals surface area (Å²) in [6.45, 7) is 3.75. The molecular weight excluding hydrogens is 403 g/mol. The van der Waals surface area contributed by atoms with E-state index >= 15 is 0 Å². The number of thiazole rings is 1. The largest absolute Gasteiger partial charge is 0.334 e. The maximum atomic E-state index is 13.0. The Hall–Kier alpha value is -3.26. The first-order valence-electron chi connectivity index (χ1n) is 9.63. The summed E-state index contributed by atoms with van der Waals surface area (Å²) in [4.78, 5) is 33.1. The fourth-order valence-electron chi connectivity index (χ4n) is 3.21. The third kappa shape index (κ3) is 4.49. The van der Waals surface area contributed by atoms with Gasteiger partial charge in [-0.15, -0.1) is 11.3 Å². The van der Waals surface area contributed by atoms with Crippen molar-refractivity contribution < 1.29 is 14.0 Å². The highest BCUT2D eigenvalue weighted by Crippen LogP contribution is 2.25. The lowest BCUT2D eigenvalue weighted by atomic mass is 10.2. The first-order valence-corrected chi connectivity index (χ1v) is 10.5. The number of benzene rings is 2. The van der Waals surface area contributed by atoms with Crippen LogP contribution in [0.3, 0.4) is 0 Å². The number of hydrogen-bond donors (Lipinski definition) is 1. The number of amides is 3. The highest BCUT2D eigenvalue weighted by Gasteiger charge is 2.26. The minimum absolute atomic E-state index is 0.122. The van der Waals surface area contributed by atoms with E-state index in [-0.39, 0.29) is 17.8 Å². The molecule has 4 rings (SSSR count). The standard InChI is InChI=1S/C22H21FN4O2S/c1-15-2-4-16(5-3-15)20-25-19(14-30-20)21(28)26-10-12-27(13-11-26)22(29)24-18-8-6-17(23)7-9-18/h2-9,14H,10-13H2,1H3,(H,24,29). The van der Waals surface area contributed by atoms with Gasteiger partial charge in [0.05, 0.1) is 0 Å². The maximum absolute atomic E-state index is 13.0. The van der Waals surface area contributed by atoms with Gasteiger partial charge in [-0.25, -0.2) is 14.2 Å². The average Bonchev–Trinajstić information content (AvgIpc) is 3.26. The molecule has 0 unspecified atom stereocenters. The molecule has 0 radical (unpaired) electrons. The van der Waals surface area contributed by atoms with E-state index in [0.717, 1.165) is 10.6 Å². The number of hydrogen-bond acceptors (Lipinski definition) is 4. The van der Waals surface area contributed by atoms with E-state index in [2.05, 4.69) is 10.3 Å². The topological polar surface area (TPSA) is 65.5 Å². The van der Waals surface area contributed by atoms with E-state index in [1.54, 1.807) is 15.2 Å². The Kier molecular flexibility index (Phi) is 5.76. The first-order chi connectivity index (χ1) is 14.5. The molecule has 1 aliphatic rings. The minimum atomic E-state index is -0.354. The molecule has 1 saturated heterocycles. The second-order valence-electron chi connectivity index (χ2n) is 7.12. The maximum Gasteiger partial charge on any atom is 0.321 e. The number of anilines is 1. The van der Waals surface area contributed by atoms with Gasteiger partial charge in [0.15, 0.2) is 0 Å². The number of carbonyl (C=O) groups excluding carboxylic acids is 2. The Balaban J connectivity index is 1.33. The molecule has 3 aromatic rings. The van der Waals surface area contributed by atoms with Gasteiger partial charge in [-0.1, -0.05) is 29.8 Å². The van der Waals surface area contributed by atoms with Crippen LogP contribution >= 0.6 is 11.3 Å². The van der Waals surface area contributed by atoms with Crippen LogP contribution in [0.1, 0.15) is 16.1 Å². The highest BCUT2D eigenvalue weighted by molar-refractivity contribution is 7.13. The van der Waals surface area contributed by atoms with Crippen LogP contribution in [0.15, 0.2) is 53.9 Å². The van der Waals surface area contributed by atoms with Crippen LogP contribution in [0.25, 0.3) is 10.6 Å². The normalized spacial score (nSPS) is 13.9. The number of piperazine rings is 1.